The Kier molecular flexibility index (Phi) is 4.57. The second kappa shape index (κ2) is 7.33. The molecule has 2 aromatic carbocycles. The quantitative estimate of drug-likeness (QED) is 0.388. The summed E-state index contributed by atoms with van der Waals surface area (Å²) < 4.78 is 6.28. The Hall–Kier alpha value is -3.25. The summed E-state index contributed by atoms with van der Waals surface area (Å²) in [5, 5.41) is 6.23. The van der Waals surface area contributed by atoms with E-state index in [9.17, 15) is 4.79 Å². The highest BCUT2D eigenvalue weighted by Gasteiger charge is 2.19. The first-order valence-corrected chi connectivity index (χ1v) is 8.91. The lowest BCUT2D eigenvalue weighted by Crippen LogP contribution is -2.27. The molecule has 4 rings (SSSR count). The molecule has 0 N–H and O–H groups in total. The largest absolute Gasteiger partial charge is 0.463 e. The number of anilines is 1. The van der Waals surface area contributed by atoms with E-state index >= 15 is 0 Å². The third kappa shape index (κ3) is 3.55. The topological polar surface area (TPSA) is 58.7 Å². The van der Waals surface area contributed by atoms with Crippen LogP contribution in [0.3, 0.4) is 0 Å². The molecule has 0 atom stereocenters. The molecular formula is C20H15N3O2S. The van der Waals surface area contributed by atoms with E-state index in [0.29, 0.717) is 10.9 Å². The predicted molar refractivity (Wildman–Crippen MR) is 104 cm³/mol. The van der Waals surface area contributed by atoms with Gasteiger partial charge in [-0.05, 0) is 29.8 Å². The van der Waals surface area contributed by atoms with Crippen LogP contribution < -0.4 is 5.01 Å². The van der Waals surface area contributed by atoms with Crippen molar-refractivity contribution in [3.63, 3.8) is 0 Å². The van der Waals surface area contributed by atoms with Gasteiger partial charge in [0.1, 0.15) is 5.76 Å². The van der Waals surface area contributed by atoms with Gasteiger partial charge in [-0.2, -0.15) is 10.1 Å². The van der Waals surface area contributed by atoms with Crippen LogP contribution >= 0.6 is 11.3 Å². The maximum atomic E-state index is 12.9. The standard InChI is InChI=1S/C20H15N3O2S/c24-19(13-15-7-2-1-3-8-15)23(21-14-16-9-6-12-25-16)20-22-17-10-4-5-11-18(17)26-20/h1-12,14H,13H2/b21-14+. The highest BCUT2D eigenvalue weighted by atomic mass is 32.1. The first-order valence-electron chi connectivity index (χ1n) is 8.09. The van der Waals surface area contributed by atoms with Gasteiger partial charge in [-0.3, -0.25) is 4.79 Å². The molecule has 0 bridgehead atoms. The van der Waals surface area contributed by atoms with Crippen LogP contribution in [0, 0.1) is 0 Å². The molecule has 0 fully saturated rings. The van der Waals surface area contributed by atoms with Gasteiger partial charge in [0, 0.05) is 0 Å². The van der Waals surface area contributed by atoms with Crippen LogP contribution in [0.25, 0.3) is 10.2 Å². The number of amides is 1. The Bertz CT molecular complexity index is 1010. The smallest absolute Gasteiger partial charge is 0.253 e. The van der Waals surface area contributed by atoms with Crippen molar-refractivity contribution in [3.8, 4) is 0 Å². The lowest BCUT2D eigenvalue weighted by molar-refractivity contribution is -0.118. The fourth-order valence-corrected chi connectivity index (χ4v) is 3.44. The molecule has 0 saturated carbocycles. The summed E-state index contributed by atoms with van der Waals surface area (Å²) in [6.07, 6.45) is 3.33. The van der Waals surface area contributed by atoms with Crippen molar-refractivity contribution in [2.75, 3.05) is 5.01 Å². The monoisotopic (exact) mass is 361 g/mol. The number of rotatable bonds is 5. The summed E-state index contributed by atoms with van der Waals surface area (Å²) in [6, 6.07) is 20.9. The van der Waals surface area contributed by atoms with Crippen molar-refractivity contribution >= 4 is 38.8 Å². The molecule has 5 nitrogen and oxygen atoms in total. The van der Waals surface area contributed by atoms with Crippen molar-refractivity contribution in [1.29, 1.82) is 0 Å². The number of hydrogen-bond donors (Lipinski definition) is 0. The number of para-hydroxylation sites is 1. The molecule has 2 aromatic heterocycles. The minimum atomic E-state index is -0.155. The van der Waals surface area contributed by atoms with E-state index in [4.69, 9.17) is 4.42 Å². The first kappa shape index (κ1) is 16.2. The molecule has 2 heterocycles. The molecule has 4 aromatic rings. The van der Waals surface area contributed by atoms with Crippen LogP contribution in [-0.4, -0.2) is 17.1 Å². The zero-order valence-electron chi connectivity index (χ0n) is 13.8. The Balaban J connectivity index is 1.67. The van der Waals surface area contributed by atoms with Crippen molar-refractivity contribution in [2.45, 2.75) is 6.42 Å². The molecule has 0 radical (unpaired) electrons. The normalized spacial score (nSPS) is 11.2. The summed E-state index contributed by atoms with van der Waals surface area (Å²) in [5.41, 5.74) is 1.77. The van der Waals surface area contributed by atoms with E-state index in [1.807, 2.05) is 54.6 Å². The minimum Gasteiger partial charge on any atom is -0.463 e. The van der Waals surface area contributed by atoms with E-state index in [1.165, 1.54) is 22.6 Å². The van der Waals surface area contributed by atoms with Crippen molar-refractivity contribution in [3.05, 3.63) is 84.3 Å². The molecule has 0 aliphatic carbocycles. The van der Waals surface area contributed by atoms with Crippen LogP contribution in [0.15, 0.2) is 82.5 Å². The fraction of sp³-hybridized carbons (Fsp3) is 0.0500. The molecule has 26 heavy (non-hydrogen) atoms. The number of carbonyl (C=O) groups excluding carboxylic acids is 1. The number of fused-ring (bicyclic) bond motifs is 1. The average molecular weight is 361 g/mol. The third-order valence-corrected chi connectivity index (χ3v) is 4.75. The van der Waals surface area contributed by atoms with Gasteiger partial charge in [-0.15, -0.1) is 0 Å². The lowest BCUT2D eigenvalue weighted by Gasteiger charge is -2.13. The van der Waals surface area contributed by atoms with Gasteiger partial charge < -0.3 is 4.42 Å². The van der Waals surface area contributed by atoms with Crippen molar-refractivity contribution in [2.24, 2.45) is 5.10 Å². The minimum absolute atomic E-state index is 0.155. The Morgan fingerprint density at radius 3 is 2.65 bits per heavy atom. The highest BCUT2D eigenvalue weighted by molar-refractivity contribution is 7.22. The van der Waals surface area contributed by atoms with E-state index < -0.39 is 0 Å². The number of hydrazone groups is 1. The van der Waals surface area contributed by atoms with E-state index in [2.05, 4.69) is 10.1 Å². The van der Waals surface area contributed by atoms with Gasteiger partial charge in [-0.25, -0.2) is 4.98 Å². The van der Waals surface area contributed by atoms with Crippen LogP contribution in [0.5, 0.6) is 0 Å². The van der Waals surface area contributed by atoms with Gasteiger partial charge in [0.25, 0.3) is 5.91 Å². The average Bonchev–Trinajstić information content (AvgIpc) is 3.32. The van der Waals surface area contributed by atoms with Gasteiger partial charge in [0.2, 0.25) is 5.13 Å². The molecule has 1 amide bonds. The maximum absolute atomic E-state index is 12.9. The molecular weight excluding hydrogens is 346 g/mol. The summed E-state index contributed by atoms with van der Waals surface area (Å²) in [6.45, 7) is 0. The first-order chi connectivity index (χ1) is 12.8. The van der Waals surface area contributed by atoms with Crippen molar-refractivity contribution < 1.29 is 9.21 Å². The number of aromatic nitrogens is 1. The zero-order valence-corrected chi connectivity index (χ0v) is 14.6. The number of furan rings is 1. The maximum Gasteiger partial charge on any atom is 0.253 e. The summed E-state index contributed by atoms with van der Waals surface area (Å²) in [7, 11) is 0. The second-order valence-corrected chi connectivity index (χ2v) is 6.60. The number of nitrogens with zero attached hydrogens (tertiary/aromatic N) is 3. The Morgan fingerprint density at radius 2 is 1.88 bits per heavy atom. The number of benzene rings is 2. The predicted octanol–water partition coefficient (Wildman–Crippen LogP) is 4.50. The number of hydrogen-bond acceptors (Lipinski definition) is 5. The third-order valence-electron chi connectivity index (χ3n) is 3.74. The molecule has 0 saturated heterocycles. The van der Waals surface area contributed by atoms with Crippen LogP contribution in [0.1, 0.15) is 11.3 Å². The summed E-state index contributed by atoms with van der Waals surface area (Å²) >= 11 is 1.43. The second-order valence-electron chi connectivity index (χ2n) is 5.59. The summed E-state index contributed by atoms with van der Waals surface area (Å²) in [5.74, 6) is 0.418. The highest BCUT2D eigenvalue weighted by Crippen LogP contribution is 2.29. The number of carbonyl (C=O) groups is 1. The van der Waals surface area contributed by atoms with E-state index in [-0.39, 0.29) is 12.3 Å². The van der Waals surface area contributed by atoms with Crippen LogP contribution in [0.2, 0.25) is 0 Å². The lowest BCUT2D eigenvalue weighted by atomic mass is 10.1. The Labute approximate surface area is 154 Å². The van der Waals surface area contributed by atoms with Gasteiger partial charge in [-0.1, -0.05) is 53.8 Å². The number of thiazole rings is 1. The van der Waals surface area contributed by atoms with E-state index in [0.717, 1.165) is 15.8 Å². The fourth-order valence-electron chi connectivity index (χ4n) is 2.50. The molecule has 0 aliphatic heterocycles. The van der Waals surface area contributed by atoms with Crippen molar-refractivity contribution in [1.82, 2.24) is 4.98 Å². The van der Waals surface area contributed by atoms with Crippen LogP contribution in [-0.2, 0) is 11.2 Å². The molecule has 0 aliphatic rings. The molecule has 6 heteroatoms. The van der Waals surface area contributed by atoms with Gasteiger partial charge >= 0.3 is 0 Å². The zero-order chi connectivity index (χ0) is 17.8. The van der Waals surface area contributed by atoms with Gasteiger partial charge in [0.05, 0.1) is 29.1 Å². The molecule has 128 valence electrons. The molecule has 0 unspecified atom stereocenters. The van der Waals surface area contributed by atoms with E-state index in [1.54, 1.807) is 18.4 Å². The van der Waals surface area contributed by atoms with Gasteiger partial charge in [0.15, 0.2) is 0 Å². The summed E-state index contributed by atoms with van der Waals surface area (Å²) in [4.78, 5) is 17.5. The molecule has 0 spiro atoms. The van der Waals surface area contributed by atoms with Crippen LogP contribution in [0.4, 0.5) is 5.13 Å². The Morgan fingerprint density at radius 1 is 1.08 bits per heavy atom. The SMILES string of the molecule is O=C(Cc1ccccc1)N(/N=C/c1ccco1)c1nc2ccccc2s1.